The molecular weight excluding hydrogens is 292 g/mol. The molecule has 1 atom stereocenters. The fourth-order valence-corrected chi connectivity index (χ4v) is 3.08. The molecule has 0 unspecified atom stereocenters. The number of methoxy groups -OCH3 is 1. The SMILES string of the molecule is COCCNC(=O)[C@H]1CCCN(C(=O)c2cc(C)cc(C)c2)C1. The Labute approximate surface area is 138 Å². The van der Waals surface area contributed by atoms with Crippen LogP contribution < -0.4 is 5.32 Å². The number of carbonyl (C=O) groups excluding carboxylic acids is 2. The van der Waals surface area contributed by atoms with Gasteiger partial charge in [-0.1, -0.05) is 17.2 Å². The Hall–Kier alpha value is -1.88. The van der Waals surface area contributed by atoms with E-state index in [9.17, 15) is 9.59 Å². The molecule has 0 bridgehead atoms. The van der Waals surface area contributed by atoms with Gasteiger partial charge in [-0.25, -0.2) is 0 Å². The number of nitrogens with zero attached hydrogens (tertiary/aromatic N) is 1. The smallest absolute Gasteiger partial charge is 0.253 e. The summed E-state index contributed by atoms with van der Waals surface area (Å²) in [6.07, 6.45) is 1.69. The van der Waals surface area contributed by atoms with Crippen molar-refractivity contribution in [2.24, 2.45) is 5.92 Å². The highest BCUT2D eigenvalue weighted by atomic mass is 16.5. The molecule has 5 heteroatoms. The summed E-state index contributed by atoms with van der Waals surface area (Å²) in [5, 5.41) is 2.87. The Morgan fingerprint density at radius 2 is 1.96 bits per heavy atom. The summed E-state index contributed by atoms with van der Waals surface area (Å²) in [4.78, 5) is 26.7. The van der Waals surface area contributed by atoms with Crippen LogP contribution in [0, 0.1) is 19.8 Å². The topological polar surface area (TPSA) is 58.6 Å². The van der Waals surface area contributed by atoms with Crippen LogP contribution in [0.25, 0.3) is 0 Å². The highest BCUT2D eigenvalue weighted by Gasteiger charge is 2.28. The molecule has 1 aromatic rings. The Balaban J connectivity index is 1.99. The number of aryl methyl sites for hydroxylation is 2. The van der Waals surface area contributed by atoms with Crippen LogP contribution in [0.2, 0.25) is 0 Å². The van der Waals surface area contributed by atoms with Gasteiger partial charge in [0, 0.05) is 32.3 Å². The number of nitrogens with one attached hydrogen (secondary N) is 1. The van der Waals surface area contributed by atoms with Gasteiger partial charge in [0.1, 0.15) is 0 Å². The molecule has 0 radical (unpaired) electrons. The first-order chi connectivity index (χ1) is 11.0. The first kappa shape index (κ1) is 17.5. The van der Waals surface area contributed by atoms with E-state index >= 15 is 0 Å². The predicted octanol–water partition coefficient (Wildman–Crippen LogP) is 1.92. The van der Waals surface area contributed by atoms with Crippen LogP contribution in [0.3, 0.4) is 0 Å². The molecule has 0 spiro atoms. The minimum Gasteiger partial charge on any atom is -0.383 e. The number of rotatable bonds is 5. The third-order valence-electron chi connectivity index (χ3n) is 4.15. The van der Waals surface area contributed by atoms with Crippen molar-refractivity contribution in [3.8, 4) is 0 Å². The third-order valence-corrected chi connectivity index (χ3v) is 4.15. The van der Waals surface area contributed by atoms with E-state index in [-0.39, 0.29) is 17.7 Å². The molecule has 5 nitrogen and oxygen atoms in total. The van der Waals surface area contributed by atoms with Crippen molar-refractivity contribution < 1.29 is 14.3 Å². The summed E-state index contributed by atoms with van der Waals surface area (Å²) in [5.74, 6) is -0.0957. The fourth-order valence-electron chi connectivity index (χ4n) is 3.08. The number of carbonyl (C=O) groups is 2. The molecule has 1 aromatic carbocycles. The Kier molecular flexibility index (Phi) is 6.16. The number of hydrogen-bond donors (Lipinski definition) is 1. The summed E-state index contributed by atoms with van der Waals surface area (Å²) < 4.78 is 4.94. The van der Waals surface area contributed by atoms with Gasteiger partial charge >= 0.3 is 0 Å². The summed E-state index contributed by atoms with van der Waals surface area (Å²) in [5.41, 5.74) is 2.88. The maximum Gasteiger partial charge on any atom is 0.253 e. The Bertz CT molecular complexity index is 551. The molecule has 1 aliphatic rings. The van der Waals surface area contributed by atoms with Crippen LogP contribution in [-0.2, 0) is 9.53 Å². The van der Waals surface area contributed by atoms with Crippen LogP contribution in [0.4, 0.5) is 0 Å². The van der Waals surface area contributed by atoms with Crippen molar-refractivity contribution in [3.05, 3.63) is 34.9 Å². The van der Waals surface area contributed by atoms with Crippen molar-refractivity contribution >= 4 is 11.8 Å². The lowest BCUT2D eigenvalue weighted by atomic mass is 9.96. The summed E-state index contributed by atoms with van der Waals surface area (Å²) in [6, 6.07) is 5.88. The standard InChI is InChI=1S/C18H26N2O3/c1-13-9-14(2)11-16(10-13)18(22)20-7-4-5-15(12-20)17(21)19-6-8-23-3/h9-11,15H,4-8,12H2,1-3H3,(H,19,21)/t15-/m0/s1. The van der Waals surface area contributed by atoms with E-state index in [2.05, 4.69) is 11.4 Å². The van der Waals surface area contributed by atoms with E-state index in [0.717, 1.165) is 24.0 Å². The maximum atomic E-state index is 12.7. The van der Waals surface area contributed by atoms with Gasteiger partial charge in [0.25, 0.3) is 5.91 Å². The van der Waals surface area contributed by atoms with Crippen molar-refractivity contribution in [3.63, 3.8) is 0 Å². The minimum absolute atomic E-state index is 0.0139. The molecule has 1 aliphatic heterocycles. The quantitative estimate of drug-likeness (QED) is 0.844. The van der Waals surface area contributed by atoms with E-state index in [1.807, 2.05) is 26.0 Å². The lowest BCUT2D eigenvalue weighted by Crippen LogP contribution is -2.46. The van der Waals surface area contributed by atoms with Crippen LogP contribution in [0.5, 0.6) is 0 Å². The van der Waals surface area contributed by atoms with Gasteiger partial charge in [-0.2, -0.15) is 0 Å². The highest BCUT2D eigenvalue weighted by Crippen LogP contribution is 2.20. The molecule has 1 fully saturated rings. The van der Waals surface area contributed by atoms with Gasteiger partial charge in [-0.15, -0.1) is 0 Å². The number of piperidine rings is 1. The van der Waals surface area contributed by atoms with E-state index < -0.39 is 0 Å². The van der Waals surface area contributed by atoms with Gasteiger partial charge in [-0.05, 0) is 38.8 Å². The van der Waals surface area contributed by atoms with Gasteiger partial charge in [0.15, 0.2) is 0 Å². The molecule has 1 heterocycles. The third kappa shape index (κ3) is 4.79. The summed E-state index contributed by atoms with van der Waals surface area (Å²) >= 11 is 0. The van der Waals surface area contributed by atoms with Crippen LogP contribution in [0.1, 0.15) is 34.3 Å². The van der Waals surface area contributed by atoms with Crippen molar-refractivity contribution in [2.75, 3.05) is 33.4 Å². The summed E-state index contributed by atoms with van der Waals surface area (Å²) in [6.45, 7) is 6.21. The largest absolute Gasteiger partial charge is 0.383 e. The highest BCUT2D eigenvalue weighted by molar-refractivity contribution is 5.95. The molecule has 0 saturated carbocycles. The van der Waals surface area contributed by atoms with E-state index in [4.69, 9.17) is 4.74 Å². The zero-order valence-corrected chi connectivity index (χ0v) is 14.2. The average Bonchev–Trinajstić information content (AvgIpc) is 2.53. The minimum atomic E-state index is -0.129. The van der Waals surface area contributed by atoms with Crippen LogP contribution in [-0.4, -0.2) is 50.1 Å². The van der Waals surface area contributed by atoms with Gasteiger partial charge in [0.05, 0.1) is 12.5 Å². The zero-order valence-electron chi connectivity index (χ0n) is 14.2. The zero-order chi connectivity index (χ0) is 16.8. The number of hydrogen-bond acceptors (Lipinski definition) is 3. The van der Waals surface area contributed by atoms with E-state index in [1.54, 1.807) is 12.0 Å². The Morgan fingerprint density at radius 3 is 2.61 bits per heavy atom. The second-order valence-corrected chi connectivity index (χ2v) is 6.25. The molecule has 0 aromatic heterocycles. The lowest BCUT2D eigenvalue weighted by Gasteiger charge is -2.32. The molecule has 126 valence electrons. The summed E-state index contributed by atoms with van der Waals surface area (Å²) in [7, 11) is 1.61. The fraction of sp³-hybridized carbons (Fsp3) is 0.556. The average molecular weight is 318 g/mol. The first-order valence-corrected chi connectivity index (χ1v) is 8.15. The number of benzene rings is 1. The monoisotopic (exact) mass is 318 g/mol. The van der Waals surface area contributed by atoms with Gasteiger partial charge in [0.2, 0.25) is 5.91 Å². The normalized spacial score (nSPS) is 17.9. The van der Waals surface area contributed by atoms with Crippen molar-refractivity contribution in [1.82, 2.24) is 10.2 Å². The first-order valence-electron chi connectivity index (χ1n) is 8.15. The molecule has 1 N–H and O–H groups in total. The van der Waals surface area contributed by atoms with Gasteiger partial charge in [-0.3, -0.25) is 9.59 Å². The van der Waals surface area contributed by atoms with E-state index in [0.29, 0.717) is 31.8 Å². The molecular formula is C18H26N2O3. The van der Waals surface area contributed by atoms with E-state index in [1.165, 1.54) is 0 Å². The second kappa shape index (κ2) is 8.11. The number of ether oxygens (including phenoxy) is 1. The Morgan fingerprint density at radius 1 is 1.26 bits per heavy atom. The molecule has 1 saturated heterocycles. The number of amides is 2. The van der Waals surface area contributed by atoms with Crippen molar-refractivity contribution in [1.29, 1.82) is 0 Å². The molecule has 23 heavy (non-hydrogen) atoms. The van der Waals surface area contributed by atoms with Crippen LogP contribution >= 0.6 is 0 Å². The molecule has 2 rings (SSSR count). The maximum absolute atomic E-state index is 12.7. The van der Waals surface area contributed by atoms with Crippen LogP contribution in [0.15, 0.2) is 18.2 Å². The second-order valence-electron chi connectivity index (χ2n) is 6.25. The number of likely N-dealkylation sites (tertiary alicyclic amines) is 1. The lowest BCUT2D eigenvalue weighted by molar-refractivity contribution is -0.126. The molecule has 0 aliphatic carbocycles. The van der Waals surface area contributed by atoms with Gasteiger partial charge < -0.3 is 15.0 Å². The predicted molar refractivity (Wildman–Crippen MR) is 89.4 cm³/mol. The molecule has 2 amide bonds. The van der Waals surface area contributed by atoms with Crippen molar-refractivity contribution in [2.45, 2.75) is 26.7 Å².